The Morgan fingerprint density at radius 2 is 2.14 bits per heavy atom. The minimum atomic E-state index is 0.168. The van der Waals surface area contributed by atoms with Gasteiger partial charge in [0.15, 0.2) is 0 Å². The van der Waals surface area contributed by atoms with E-state index in [0.717, 1.165) is 18.5 Å². The van der Waals surface area contributed by atoms with E-state index in [4.69, 9.17) is 10.3 Å². The van der Waals surface area contributed by atoms with E-state index in [-0.39, 0.29) is 6.04 Å². The van der Waals surface area contributed by atoms with E-state index in [0.29, 0.717) is 24.3 Å². The largest absolute Gasteiger partial charge is 0.338 e. The van der Waals surface area contributed by atoms with Crippen LogP contribution in [0.4, 0.5) is 0 Å². The summed E-state index contributed by atoms with van der Waals surface area (Å²) in [6.45, 7) is 3.81. The highest BCUT2D eigenvalue weighted by Gasteiger charge is 2.26. The van der Waals surface area contributed by atoms with Crippen LogP contribution in [0.15, 0.2) is 34.9 Å². The fourth-order valence-electron chi connectivity index (χ4n) is 3.01. The van der Waals surface area contributed by atoms with E-state index in [1.54, 1.807) is 0 Å². The van der Waals surface area contributed by atoms with E-state index >= 15 is 0 Å². The van der Waals surface area contributed by atoms with Crippen molar-refractivity contribution in [2.75, 3.05) is 6.54 Å². The summed E-state index contributed by atoms with van der Waals surface area (Å²) in [4.78, 5) is 6.88. The topological polar surface area (TPSA) is 68.2 Å². The SMILES string of the molecule is CC(N)C1CCCCN1Cc1nc(-c2ccccc2)no1. The van der Waals surface area contributed by atoms with Crippen LogP contribution in [-0.4, -0.2) is 33.7 Å². The fraction of sp³-hybridized carbons (Fsp3) is 0.500. The van der Waals surface area contributed by atoms with Gasteiger partial charge in [-0.3, -0.25) is 4.90 Å². The molecule has 0 radical (unpaired) electrons. The van der Waals surface area contributed by atoms with Gasteiger partial charge in [0.05, 0.1) is 6.54 Å². The zero-order valence-corrected chi connectivity index (χ0v) is 12.4. The van der Waals surface area contributed by atoms with Gasteiger partial charge >= 0.3 is 0 Å². The Bertz CT molecular complexity index is 567. The van der Waals surface area contributed by atoms with Crippen LogP contribution in [-0.2, 0) is 6.54 Å². The number of benzene rings is 1. The van der Waals surface area contributed by atoms with Crippen molar-refractivity contribution in [1.82, 2.24) is 15.0 Å². The highest BCUT2D eigenvalue weighted by Crippen LogP contribution is 2.22. The average Bonchev–Trinajstić information content (AvgIpc) is 2.97. The molecular weight excluding hydrogens is 264 g/mol. The standard InChI is InChI=1S/C16H22N4O/c1-12(17)14-9-5-6-10-20(14)11-15-18-16(19-21-15)13-7-3-2-4-8-13/h2-4,7-8,12,14H,5-6,9-11,17H2,1H3. The molecule has 1 aromatic heterocycles. The van der Waals surface area contributed by atoms with E-state index < -0.39 is 0 Å². The normalized spacial score (nSPS) is 21.3. The molecule has 5 heteroatoms. The molecule has 0 saturated carbocycles. The second-order valence-corrected chi connectivity index (χ2v) is 5.77. The number of rotatable bonds is 4. The van der Waals surface area contributed by atoms with Gasteiger partial charge < -0.3 is 10.3 Å². The van der Waals surface area contributed by atoms with Crippen LogP contribution in [0.1, 0.15) is 32.1 Å². The lowest BCUT2D eigenvalue weighted by Crippen LogP contribution is -2.48. The van der Waals surface area contributed by atoms with Crippen molar-refractivity contribution in [3.8, 4) is 11.4 Å². The summed E-state index contributed by atoms with van der Waals surface area (Å²) in [5, 5.41) is 4.08. The van der Waals surface area contributed by atoms with Crippen LogP contribution in [0.25, 0.3) is 11.4 Å². The molecule has 5 nitrogen and oxygen atoms in total. The molecule has 1 aliphatic heterocycles. The molecule has 0 bridgehead atoms. The van der Waals surface area contributed by atoms with Crippen LogP contribution >= 0.6 is 0 Å². The van der Waals surface area contributed by atoms with Crippen molar-refractivity contribution < 1.29 is 4.52 Å². The maximum atomic E-state index is 6.10. The molecule has 1 fully saturated rings. The van der Waals surface area contributed by atoms with Gasteiger partial charge in [0, 0.05) is 17.6 Å². The molecule has 0 spiro atoms. The van der Waals surface area contributed by atoms with Crippen LogP contribution in [0, 0.1) is 0 Å². The number of aromatic nitrogens is 2. The number of hydrogen-bond donors (Lipinski definition) is 1. The first-order valence-electron chi connectivity index (χ1n) is 7.61. The first-order valence-corrected chi connectivity index (χ1v) is 7.61. The number of nitrogens with two attached hydrogens (primary N) is 1. The lowest BCUT2D eigenvalue weighted by atomic mass is 9.97. The van der Waals surface area contributed by atoms with Crippen molar-refractivity contribution in [3.05, 3.63) is 36.2 Å². The van der Waals surface area contributed by atoms with Crippen LogP contribution in [0.2, 0.25) is 0 Å². The summed E-state index contributed by atoms with van der Waals surface area (Å²) in [6.07, 6.45) is 3.61. The highest BCUT2D eigenvalue weighted by atomic mass is 16.5. The van der Waals surface area contributed by atoms with Crippen molar-refractivity contribution in [3.63, 3.8) is 0 Å². The van der Waals surface area contributed by atoms with Gasteiger partial charge in [0.1, 0.15) is 0 Å². The monoisotopic (exact) mass is 286 g/mol. The van der Waals surface area contributed by atoms with Crippen LogP contribution in [0.3, 0.4) is 0 Å². The van der Waals surface area contributed by atoms with Gasteiger partial charge in [-0.2, -0.15) is 4.98 Å². The first-order chi connectivity index (χ1) is 10.2. The summed E-state index contributed by atoms with van der Waals surface area (Å²) in [5.74, 6) is 1.32. The molecule has 2 heterocycles. The zero-order chi connectivity index (χ0) is 14.7. The third-order valence-electron chi connectivity index (χ3n) is 4.11. The highest BCUT2D eigenvalue weighted by molar-refractivity contribution is 5.53. The molecular formula is C16H22N4O. The van der Waals surface area contributed by atoms with Crippen molar-refractivity contribution in [1.29, 1.82) is 0 Å². The second kappa shape index (κ2) is 6.37. The van der Waals surface area contributed by atoms with Gasteiger partial charge in [-0.15, -0.1) is 0 Å². The molecule has 0 aliphatic carbocycles. The molecule has 2 atom stereocenters. The molecule has 21 heavy (non-hydrogen) atoms. The third-order valence-corrected chi connectivity index (χ3v) is 4.11. The summed E-state index contributed by atoms with van der Waals surface area (Å²) < 4.78 is 5.41. The molecule has 2 unspecified atom stereocenters. The molecule has 3 rings (SSSR count). The quantitative estimate of drug-likeness (QED) is 0.935. The smallest absolute Gasteiger partial charge is 0.241 e. The van der Waals surface area contributed by atoms with Crippen LogP contribution < -0.4 is 5.73 Å². The summed E-state index contributed by atoms with van der Waals surface area (Å²) >= 11 is 0. The van der Waals surface area contributed by atoms with Crippen molar-refractivity contribution in [2.24, 2.45) is 5.73 Å². The van der Waals surface area contributed by atoms with Gasteiger partial charge in [-0.05, 0) is 26.3 Å². The molecule has 2 N–H and O–H groups in total. The summed E-state index contributed by atoms with van der Waals surface area (Å²) in [7, 11) is 0. The number of likely N-dealkylation sites (tertiary alicyclic amines) is 1. The minimum absolute atomic E-state index is 0.168. The Morgan fingerprint density at radius 3 is 2.90 bits per heavy atom. The molecule has 112 valence electrons. The predicted octanol–water partition coefficient (Wildman–Crippen LogP) is 2.44. The minimum Gasteiger partial charge on any atom is -0.338 e. The molecule has 2 aromatic rings. The van der Waals surface area contributed by atoms with E-state index in [9.17, 15) is 0 Å². The Hall–Kier alpha value is -1.72. The first kappa shape index (κ1) is 14.2. The van der Waals surface area contributed by atoms with E-state index in [1.165, 1.54) is 12.8 Å². The van der Waals surface area contributed by atoms with E-state index in [1.807, 2.05) is 30.3 Å². The maximum Gasteiger partial charge on any atom is 0.241 e. The van der Waals surface area contributed by atoms with Gasteiger partial charge in [-0.1, -0.05) is 41.9 Å². The number of piperidine rings is 1. The Balaban J connectivity index is 1.72. The Kier molecular flexibility index (Phi) is 4.31. The van der Waals surface area contributed by atoms with Crippen molar-refractivity contribution >= 4 is 0 Å². The Labute approximate surface area is 125 Å². The van der Waals surface area contributed by atoms with Gasteiger partial charge in [0.25, 0.3) is 0 Å². The Morgan fingerprint density at radius 1 is 1.33 bits per heavy atom. The summed E-state index contributed by atoms with van der Waals surface area (Å²) in [6, 6.07) is 10.5. The number of hydrogen-bond acceptors (Lipinski definition) is 5. The third kappa shape index (κ3) is 3.31. The van der Waals surface area contributed by atoms with E-state index in [2.05, 4.69) is 22.0 Å². The lowest BCUT2D eigenvalue weighted by molar-refractivity contribution is 0.109. The lowest BCUT2D eigenvalue weighted by Gasteiger charge is -2.37. The summed E-state index contributed by atoms with van der Waals surface area (Å²) in [5.41, 5.74) is 7.08. The molecule has 1 aliphatic rings. The second-order valence-electron chi connectivity index (χ2n) is 5.77. The fourth-order valence-corrected chi connectivity index (χ4v) is 3.01. The van der Waals surface area contributed by atoms with Gasteiger partial charge in [-0.25, -0.2) is 0 Å². The zero-order valence-electron chi connectivity index (χ0n) is 12.4. The molecule has 1 aromatic carbocycles. The van der Waals surface area contributed by atoms with Crippen LogP contribution in [0.5, 0.6) is 0 Å². The molecule has 1 saturated heterocycles. The number of nitrogens with zero attached hydrogens (tertiary/aromatic N) is 3. The maximum absolute atomic E-state index is 6.10. The van der Waals surface area contributed by atoms with Gasteiger partial charge in [0.2, 0.25) is 11.7 Å². The average molecular weight is 286 g/mol. The molecule has 0 amide bonds. The van der Waals surface area contributed by atoms with Crippen molar-refractivity contribution in [2.45, 2.75) is 44.8 Å². The predicted molar refractivity (Wildman–Crippen MR) is 81.4 cm³/mol.